The summed E-state index contributed by atoms with van der Waals surface area (Å²) in [6.45, 7) is 3.11. The third-order valence-electron chi connectivity index (χ3n) is 2.15. The van der Waals surface area contributed by atoms with Gasteiger partial charge < -0.3 is 16.0 Å². The van der Waals surface area contributed by atoms with Crippen molar-refractivity contribution in [2.24, 2.45) is 0 Å². The number of carbonyl (C=O) groups is 2. The van der Waals surface area contributed by atoms with E-state index in [0.717, 1.165) is 0 Å². The van der Waals surface area contributed by atoms with Crippen LogP contribution in [0, 0.1) is 0 Å². The quantitative estimate of drug-likeness (QED) is 0.707. The third kappa shape index (κ3) is 4.63. The largest absolute Gasteiger partial charge is 0.350 e. The molecule has 0 aliphatic heterocycles. The van der Waals surface area contributed by atoms with Crippen molar-refractivity contribution in [2.45, 2.75) is 6.92 Å². The molecule has 0 aliphatic carbocycles. The summed E-state index contributed by atoms with van der Waals surface area (Å²) in [7, 11) is 0. The van der Waals surface area contributed by atoms with E-state index in [4.69, 9.17) is 11.6 Å². The molecule has 0 saturated carbocycles. The van der Waals surface area contributed by atoms with E-state index in [0.29, 0.717) is 30.2 Å². The molecular weight excluding hydrogens is 254 g/mol. The average Bonchev–Trinajstić information content (AvgIpc) is 2.35. The number of urea groups is 1. The van der Waals surface area contributed by atoms with Gasteiger partial charge in [0.05, 0.1) is 10.6 Å². The van der Waals surface area contributed by atoms with Crippen LogP contribution in [0.4, 0.5) is 4.79 Å². The van der Waals surface area contributed by atoms with Crippen molar-refractivity contribution in [3.8, 4) is 0 Å². The van der Waals surface area contributed by atoms with Gasteiger partial charge in [-0.1, -0.05) is 23.7 Å². The van der Waals surface area contributed by atoms with Crippen molar-refractivity contribution < 1.29 is 9.59 Å². The summed E-state index contributed by atoms with van der Waals surface area (Å²) in [5.41, 5.74) is 0.428. The van der Waals surface area contributed by atoms with Gasteiger partial charge in [-0.3, -0.25) is 4.79 Å². The van der Waals surface area contributed by atoms with Gasteiger partial charge in [-0.25, -0.2) is 4.79 Å². The monoisotopic (exact) mass is 269 g/mol. The van der Waals surface area contributed by atoms with E-state index in [-0.39, 0.29) is 11.9 Å². The lowest BCUT2D eigenvalue weighted by Crippen LogP contribution is -2.40. The molecule has 3 amide bonds. The first-order valence-electron chi connectivity index (χ1n) is 5.69. The Morgan fingerprint density at radius 1 is 1.11 bits per heavy atom. The molecule has 98 valence electrons. The van der Waals surface area contributed by atoms with E-state index in [9.17, 15) is 9.59 Å². The Labute approximate surface area is 111 Å². The first-order valence-corrected chi connectivity index (χ1v) is 6.07. The average molecular weight is 270 g/mol. The van der Waals surface area contributed by atoms with Gasteiger partial charge in [0, 0.05) is 19.6 Å². The Hall–Kier alpha value is -1.75. The molecule has 6 heteroatoms. The van der Waals surface area contributed by atoms with E-state index in [2.05, 4.69) is 16.0 Å². The van der Waals surface area contributed by atoms with Crippen LogP contribution < -0.4 is 16.0 Å². The number of hydrogen-bond acceptors (Lipinski definition) is 2. The normalized spacial score (nSPS) is 9.67. The van der Waals surface area contributed by atoms with Crippen LogP contribution in [0.15, 0.2) is 24.3 Å². The molecule has 0 heterocycles. The number of hydrogen-bond donors (Lipinski definition) is 3. The van der Waals surface area contributed by atoms with Crippen LogP contribution in [0.25, 0.3) is 0 Å². The number of carbonyl (C=O) groups excluding carboxylic acids is 2. The van der Waals surface area contributed by atoms with E-state index >= 15 is 0 Å². The molecule has 0 fully saturated rings. The SMILES string of the molecule is CCNC(=O)NCCNC(=O)c1ccccc1Cl. The van der Waals surface area contributed by atoms with E-state index in [1.165, 1.54) is 0 Å². The second-order valence-corrected chi connectivity index (χ2v) is 3.93. The first-order chi connectivity index (χ1) is 8.65. The highest BCUT2D eigenvalue weighted by Gasteiger charge is 2.08. The fraction of sp³-hybridized carbons (Fsp3) is 0.333. The lowest BCUT2D eigenvalue weighted by atomic mass is 10.2. The van der Waals surface area contributed by atoms with Crippen molar-refractivity contribution in [1.82, 2.24) is 16.0 Å². The smallest absolute Gasteiger partial charge is 0.314 e. The van der Waals surface area contributed by atoms with Crippen molar-refractivity contribution >= 4 is 23.5 Å². The maximum atomic E-state index is 11.7. The van der Waals surface area contributed by atoms with Crippen LogP contribution in [0.5, 0.6) is 0 Å². The van der Waals surface area contributed by atoms with Crippen molar-refractivity contribution in [2.75, 3.05) is 19.6 Å². The predicted molar refractivity (Wildman–Crippen MR) is 70.9 cm³/mol. The van der Waals surface area contributed by atoms with Gasteiger partial charge in [0.15, 0.2) is 0 Å². The van der Waals surface area contributed by atoms with Gasteiger partial charge in [0.2, 0.25) is 0 Å². The molecule has 1 aromatic rings. The van der Waals surface area contributed by atoms with Gasteiger partial charge in [0.25, 0.3) is 5.91 Å². The second-order valence-electron chi connectivity index (χ2n) is 3.52. The Morgan fingerprint density at radius 3 is 2.44 bits per heavy atom. The van der Waals surface area contributed by atoms with Crippen LogP contribution in [0.3, 0.4) is 0 Å². The summed E-state index contributed by atoms with van der Waals surface area (Å²) in [6, 6.07) is 6.56. The molecule has 0 unspecified atom stereocenters. The molecule has 0 aliphatic rings. The fourth-order valence-electron chi connectivity index (χ4n) is 1.32. The third-order valence-corrected chi connectivity index (χ3v) is 2.48. The van der Waals surface area contributed by atoms with E-state index in [1.54, 1.807) is 24.3 Å². The molecule has 0 saturated heterocycles. The maximum absolute atomic E-state index is 11.7. The van der Waals surface area contributed by atoms with Gasteiger partial charge in [-0.2, -0.15) is 0 Å². The summed E-state index contributed by atoms with van der Waals surface area (Å²) in [4.78, 5) is 22.8. The topological polar surface area (TPSA) is 70.2 Å². The van der Waals surface area contributed by atoms with Gasteiger partial charge >= 0.3 is 6.03 Å². The van der Waals surface area contributed by atoms with E-state index < -0.39 is 0 Å². The zero-order valence-corrected chi connectivity index (χ0v) is 10.9. The number of halogens is 1. The molecular formula is C12H16ClN3O2. The minimum atomic E-state index is -0.252. The molecule has 0 atom stereocenters. The lowest BCUT2D eigenvalue weighted by molar-refractivity contribution is 0.0954. The fourth-order valence-corrected chi connectivity index (χ4v) is 1.54. The van der Waals surface area contributed by atoms with Gasteiger partial charge in [-0.15, -0.1) is 0 Å². The molecule has 0 radical (unpaired) electrons. The zero-order valence-electron chi connectivity index (χ0n) is 10.1. The number of rotatable bonds is 5. The molecule has 0 spiro atoms. The Morgan fingerprint density at radius 2 is 1.78 bits per heavy atom. The summed E-state index contributed by atoms with van der Waals surface area (Å²) < 4.78 is 0. The lowest BCUT2D eigenvalue weighted by Gasteiger charge is -2.08. The molecule has 0 bridgehead atoms. The minimum absolute atomic E-state index is 0.246. The number of benzene rings is 1. The summed E-state index contributed by atoms with van der Waals surface area (Å²) in [6.07, 6.45) is 0. The highest BCUT2D eigenvalue weighted by Crippen LogP contribution is 2.14. The minimum Gasteiger partial charge on any atom is -0.350 e. The number of amides is 3. The van der Waals surface area contributed by atoms with Crippen molar-refractivity contribution in [3.05, 3.63) is 34.9 Å². The molecule has 3 N–H and O–H groups in total. The molecule has 1 aromatic carbocycles. The Kier molecular flexibility index (Phi) is 6.00. The molecule has 0 aromatic heterocycles. The zero-order chi connectivity index (χ0) is 13.4. The van der Waals surface area contributed by atoms with Crippen LogP contribution in [-0.4, -0.2) is 31.6 Å². The van der Waals surface area contributed by atoms with Crippen molar-refractivity contribution in [3.63, 3.8) is 0 Å². The van der Waals surface area contributed by atoms with Crippen LogP contribution in [0.1, 0.15) is 17.3 Å². The molecule has 18 heavy (non-hydrogen) atoms. The second kappa shape index (κ2) is 7.55. The Bertz CT molecular complexity index is 424. The maximum Gasteiger partial charge on any atom is 0.314 e. The van der Waals surface area contributed by atoms with Crippen LogP contribution in [0.2, 0.25) is 5.02 Å². The summed E-state index contributed by atoms with van der Waals surface area (Å²) in [5, 5.41) is 8.28. The standard InChI is InChI=1S/C12H16ClN3O2/c1-2-14-12(18)16-8-7-15-11(17)9-5-3-4-6-10(9)13/h3-6H,2,7-8H2,1H3,(H,15,17)(H2,14,16,18). The van der Waals surface area contributed by atoms with E-state index in [1.807, 2.05) is 6.92 Å². The van der Waals surface area contributed by atoms with Crippen molar-refractivity contribution in [1.29, 1.82) is 0 Å². The first kappa shape index (κ1) is 14.3. The predicted octanol–water partition coefficient (Wildman–Crippen LogP) is 1.39. The van der Waals surface area contributed by atoms with Crippen LogP contribution in [-0.2, 0) is 0 Å². The number of nitrogens with one attached hydrogen (secondary N) is 3. The summed E-state index contributed by atoms with van der Waals surface area (Å²) in [5.74, 6) is -0.252. The Balaban J connectivity index is 2.30. The van der Waals surface area contributed by atoms with Gasteiger partial charge in [-0.05, 0) is 19.1 Å². The molecule has 1 rings (SSSR count). The van der Waals surface area contributed by atoms with Gasteiger partial charge in [0.1, 0.15) is 0 Å². The molecule has 5 nitrogen and oxygen atoms in total. The highest BCUT2D eigenvalue weighted by atomic mass is 35.5. The van der Waals surface area contributed by atoms with Crippen LogP contribution >= 0.6 is 11.6 Å². The highest BCUT2D eigenvalue weighted by molar-refractivity contribution is 6.33. The summed E-state index contributed by atoms with van der Waals surface area (Å²) >= 11 is 5.88.